The van der Waals surface area contributed by atoms with Crippen LogP contribution in [-0.4, -0.2) is 31.5 Å². The van der Waals surface area contributed by atoms with E-state index in [1.165, 1.54) is 9.36 Å². The Morgan fingerprint density at radius 2 is 1.75 bits per heavy atom. The second-order valence-corrected chi connectivity index (χ2v) is 5.72. The zero-order valence-electron chi connectivity index (χ0n) is 13.9. The molecule has 2 heterocycles. The van der Waals surface area contributed by atoms with E-state index in [0.29, 0.717) is 16.9 Å². The van der Waals surface area contributed by atoms with Crippen LogP contribution >= 0.6 is 0 Å². The fourth-order valence-corrected chi connectivity index (χ4v) is 2.34. The zero-order valence-corrected chi connectivity index (χ0v) is 13.9. The molecule has 0 aliphatic carbocycles. The third kappa shape index (κ3) is 3.17. The molecule has 0 spiro atoms. The van der Waals surface area contributed by atoms with Gasteiger partial charge in [-0.1, -0.05) is 24.3 Å². The number of carbonyl (C=O) groups excluding carboxylic acids is 1. The summed E-state index contributed by atoms with van der Waals surface area (Å²) in [5.74, 6) is -0.241. The summed E-state index contributed by atoms with van der Waals surface area (Å²) in [6.45, 7) is 5.72. The fourth-order valence-electron chi connectivity index (χ4n) is 2.34. The highest BCUT2D eigenvalue weighted by Crippen LogP contribution is 2.09. The Hall–Kier alpha value is -3.02. The molecule has 0 unspecified atom stereocenters. The van der Waals surface area contributed by atoms with Gasteiger partial charge in [0.15, 0.2) is 5.69 Å². The van der Waals surface area contributed by atoms with Crippen molar-refractivity contribution in [3.8, 4) is 5.69 Å². The predicted octanol–water partition coefficient (Wildman–Crippen LogP) is 2.37. The lowest BCUT2D eigenvalue weighted by Crippen LogP contribution is -2.28. The molecule has 122 valence electrons. The van der Waals surface area contributed by atoms with E-state index < -0.39 is 0 Å². The van der Waals surface area contributed by atoms with Crippen molar-refractivity contribution >= 4 is 5.91 Å². The maximum absolute atomic E-state index is 12.9. The molecule has 0 saturated heterocycles. The molecule has 24 heavy (non-hydrogen) atoms. The Labute approximate surface area is 140 Å². The molecule has 0 radical (unpaired) electrons. The van der Waals surface area contributed by atoms with Gasteiger partial charge in [-0.3, -0.25) is 14.4 Å². The average molecular weight is 321 g/mol. The number of hydrogen-bond acceptors (Lipinski definition) is 4. The number of nitrogens with zero attached hydrogens (tertiary/aromatic N) is 5. The highest BCUT2D eigenvalue weighted by Gasteiger charge is 2.18. The first-order valence-corrected chi connectivity index (χ1v) is 7.82. The number of carbonyl (C=O) groups is 1. The summed E-state index contributed by atoms with van der Waals surface area (Å²) in [4.78, 5) is 18.9. The lowest BCUT2D eigenvalue weighted by atomic mass is 10.3. The normalized spacial score (nSPS) is 11.9. The summed E-state index contributed by atoms with van der Waals surface area (Å²) in [6.07, 6.45) is 1.70. The Bertz CT molecular complexity index is 922. The van der Waals surface area contributed by atoms with Crippen LogP contribution < -0.4 is 5.49 Å². The van der Waals surface area contributed by atoms with Crippen molar-refractivity contribution in [1.29, 1.82) is 0 Å². The lowest BCUT2D eigenvalue weighted by Gasteiger charge is -2.05. The molecule has 2 aromatic heterocycles. The van der Waals surface area contributed by atoms with Crippen molar-refractivity contribution < 1.29 is 4.79 Å². The van der Waals surface area contributed by atoms with Gasteiger partial charge < -0.3 is 0 Å². The Kier molecular flexibility index (Phi) is 4.37. The van der Waals surface area contributed by atoms with Gasteiger partial charge in [-0.05, 0) is 45.0 Å². The van der Waals surface area contributed by atoms with Gasteiger partial charge >= 0.3 is 0 Å². The molecule has 0 aliphatic heterocycles. The molecule has 0 N–H and O–H groups in total. The molecule has 1 aromatic carbocycles. The summed E-state index contributed by atoms with van der Waals surface area (Å²) < 4.78 is 1.51. The number of pyridine rings is 1. The second-order valence-electron chi connectivity index (χ2n) is 5.72. The van der Waals surface area contributed by atoms with Gasteiger partial charge in [0.25, 0.3) is 5.91 Å². The minimum absolute atomic E-state index is 0.0903. The van der Waals surface area contributed by atoms with Crippen LogP contribution in [-0.2, 0) is 0 Å². The first kappa shape index (κ1) is 15.9. The highest BCUT2D eigenvalue weighted by atomic mass is 16.2. The Morgan fingerprint density at radius 1 is 1.04 bits per heavy atom. The van der Waals surface area contributed by atoms with Gasteiger partial charge in [0.2, 0.25) is 0 Å². The van der Waals surface area contributed by atoms with Crippen molar-refractivity contribution in [2.75, 3.05) is 0 Å². The summed E-state index contributed by atoms with van der Waals surface area (Å²) in [5, 5.41) is 8.73. The van der Waals surface area contributed by atoms with Crippen molar-refractivity contribution in [3.63, 3.8) is 0 Å². The van der Waals surface area contributed by atoms with Gasteiger partial charge in [-0.2, -0.15) is 9.90 Å². The van der Waals surface area contributed by atoms with Crippen LogP contribution in [0.25, 0.3) is 5.69 Å². The molecule has 0 bridgehead atoms. The van der Waals surface area contributed by atoms with Gasteiger partial charge in [0.05, 0.1) is 11.4 Å². The van der Waals surface area contributed by atoms with Crippen LogP contribution in [0.4, 0.5) is 0 Å². The van der Waals surface area contributed by atoms with E-state index in [1.807, 2.05) is 56.3 Å². The molecule has 0 fully saturated rings. The van der Waals surface area contributed by atoms with E-state index >= 15 is 0 Å². The topological polar surface area (TPSA) is 65.1 Å². The molecular weight excluding hydrogens is 302 g/mol. The summed E-state index contributed by atoms with van der Waals surface area (Å²) in [5.41, 5.74) is 2.31. The number of para-hydroxylation sites is 1. The third-order valence-electron chi connectivity index (χ3n) is 3.42. The van der Waals surface area contributed by atoms with Crippen molar-refractivity contribution in [3.05, 3.63) is 71.6 Å². The summed E-state index contributed by atoms with van der Waals surface area (Å²) in [6, 6.07) is 15.1. The number of aromatic nitrogens is 4. The van der Waals surface area contributed by atoms with E-state index in [9.17, 15) is 4.79 Å². The largest absolute Gasteiger partial charge is 0.285 e. The first-order chi connectivity index (χ1) is 11.6. The molecule has 0 amide bonds. The third-order valence-corrected chi connectivity index (χ3v) is 3.42. The van der Waals surface area contributed by atoms with E-state index in [-0.39, 0.29) is 11.9 Å². The molecule has 6 heteroatoms. The van der Waals surface area contributed by atoms with E-state index in [4.69, 9.17) is 0 Å². The minimum Gasteiger partial charge on any atom is -0.266 e. The van der Waals surface area contributed by atoms with Crippen molar-refractivity contribution in [2.45, 2.75) is 26.8 Å². The van der Waals surface area contributed by atoms with Crippen LogP contribution in [0.2, 0.25) is 0 Å². The SMILES string of the molecule is Cc1nn(-c2ccccc2)nc1C(=O)n1ccccc1=NC(C)C. The van der Waals surface area contributed by atoms with E-state index in [2.05, 4.69) is 15.2 Å². The van der Waals surface area contributed by atoms with Gasteiger partial charge in [0.1, 0.15) is 5.49 Å². The first-order valence-electron chi connectivity index (χ1n) is 7.82. The van der Waals surface area contributed by atoms with Crippen molar-refractivity contribution in [1.82, 2.24) is 19.6 Å². The summed E-state index contributed by atoms with van der Waals surface area (Å²) in [7, 11) is 0. The number of benzene rings is 1. The van der Waals surface area contributed by atoms with Gasteiger partial charge in [0, 0.05) is 12.2 Å². The monoisotopic (exact) mass is 321 g/mol. The molecule has 0 atom stereocenters. The maximum atomic E-state index is 12.9. The van der Waals surface area contributed by atoms with Gasteiger partial charge in [-0.15, -0.1) is 5.10 Å². The highest BCUT2D eigenvalue weighted by molar-refractivity contribution is 5.94. The van der Waals surface area contributed by atoms with Crippen LogP contribution in [0.1, 0.15) is 30.0 Å². The maximum Gasteiger partial charge on any atom is 0.285 e. The van der Waals surface area contributed by atoms with Crippen molar-refractivity contribution in [2.24, 2.45) is 4.99 Å². The second kappa shape index (κ2) is 6.62. The van der Waals surface area contributed by atoms with E-state index in [0.717, 1.165) is 5.69 Å². The quantitative estimate of drug-likeness (QED) is 0.744. The molecule has 0 saturated carbocycles. The average Bonchev–Trinajstić information content (AvgIpc) is 2.97. The predicted molar refractivity (Wildman–Crippen MR) is 91.0 cm³/mol. The molecular formula is C18H19N5O. The Morgan fingerprint density at radius 3 is 2.46 bits per heavy atom. The summed E-state index contributed by atoms with van der Waals surface area (Å²) >= 11 is 0. The Balaban J connectivity index is 2.05. The smallest absolute Gasteiger partial charge is 0.266 e. The van der Waals surface area contributed by atoms with Crippen LogP contribution in [0, 0.1) is 6.92 Å². The van der Waals surface area contributed by atoms with Crippen LogP contribution in [0.15, 0.2) is 59.7 Å². The number of hydrogen-bond donors (Lipinski definition) is 0. The zero-order chi connectivity index (χ0) is 17.1. The fraction of sp³-hybridized carbons (Fsp3) is 0.222. The lowest BCUT2D eigenvalue weighted by molar-refractivity contribution is 0.0948. The number of aryl methyl sites for hydroxylation is 1. The van der Waals surface area contributed by atoms with E-state index in [1.54, 1.807) is 19.2 Å². The van der Waals surface area contributed by atoms with Gasteiger partial charge in [-0.25, -0.2) is 0 Å². The molecule has 0 aliphatic rings. The standard InChI is InChI=1S/C18H19N5O/c1-13(2)19-16-11-7-8-12-22(16)18(24)17-14(3)20-23(21-17)15-9-5-4-6-10-15/h4-13H,1-3H3. The number of rotatable bonds is 3. The molecule has 3 aromatic rings. The van der Waals surface area contributed by atoms with Crippen LogP contribution in [0.5, 0.6) is 0 Å². The minimum atomic E-state index is -0.241. The molecule has 6 nitrogen and oxygen atoms in total. The molecule has 3 rings (SSSR count). The van der Waals surface area contributed by atoms with Crippen LogP contribution in [0.3, 0.4) is 0 Å².